The van der Waals surface area contributed by atoms with Gasteiger partial charge in [-0.15, -0.1) is 11.3 Å². The lowest BCUT2D eigenvalue weighted by Crippen LogP contribution is -2.13. The van der Waals surface area contributed by atoms with E-state index < -0.39 is 0 Å². The van der Waals surface area contributed by atoms with Gasteiger partial charge in [-0.05, 0) is 120 Å². The molecule has 0 fully saturated rings. The van der Waals surface area contributed by atoms with Gasteiger partial charge in [0.25, 0.3) is 0 Å². The predicted octanol–water partition coefficient (Wildman–Crippen LogP) is 15.4. The number of anilines is 6. The lowest BCUT2D eigenvalue weighted by atomic mass is 10.0. The van der Waals surface area contributed by atoms with Crippen LogP contribution in [0.2, 0.25) is 0 Å². The highest BCUT2D eigenvalue weighted by molar-refractivity contribution is 9.10. The maximum Gasteiger partial charge on any atom is 0.0492 e. The molecular weight excluding hydrogens is 729 g/mol. The van der Waals surface area contributed by atoms with E-state index in [2.05, 4.69) is 227 Å². The molecule has 1 heterocycles. The largest absolute Gasteiger partial charge is 0.310 e. The quantitative estimate of drug-likeness (QED) is 0.152. The number of para-hydroxylation sites is 1. The van der Waals surface area contributed by atoms with Crippen LogP contribution in [0.5, 0.6) is 0 Å². The number of nitrogens with zero attached hydrogens (tertiary/aromatic N) is 2. The molecule has 4 heteroatoms. The molecule has 0 saturated heterocycles. The second kappa shape index (κ2) is 14.2. The second-order valence-corrected chi connectivity index (χ2v) is 15.1. The van der Waals surface area contributed by atoms with Gasteiger partial charge in [0, 0.05) is 58.8 Å². The van der Waals surface area contributed by atoms with E-state index in [4.69, 9.17) is 0 Å². The summed E-state index contributed by atoms with van der Waals surface area (Å²) in [4.78, 5) is 4.75. The van der Waals surface area contributed by atoms with Crippen molar-refractivity contribution in [3.8, 4) is 22.3 Å². The van der Waals surface area contributed by atoms with Gasteiger partial charge < -0.3 is 9.80 Å². The third kappa shape index (κ3) is 6.42. The summed E-state index contributed by atoms with van der Waals surface area (Å²) in [6.45, 7) is 2.23. The Balaban J connectivity index is 1.17. The van der Waals surface area contributed by atoms with E-state index in [1.807, 2.05) is 11.3 Å². The minimum absolute atomic E-state index is 1.09. The molecule has 0 saturated carbocycles. The Morgan fingerprint density at radius 3 is 1.77 bits per heavy atom. The van der Waals surface area contributed by atoms with Gasteiger partial charge in [-0.1, -0.05) is 125 Å². The SMILES string of the molecule is Cc1cc(N(c2ccccc2)c2ccc(-c3ccccc3Br)cc2)ccc1N(c1cccc(-c2ccccc2)c1)c1ccc2sc3ccccc3c2c1. The highest BCUT2D eigenvalue weighted by Gasteiger charge is 2.20. The molecule has 2 nitrogen and oxygen atoms in total. The normalized spacial score (nSPS) is 11.2. The van der Waals surface area contributed by atoms with Crippen molar-refractivity contribution in [3.63, 3.8) is 0 Å². The minimum Gasteiger partial charge on any atom is -0.310 e. The molecule has 0 aliphatic carbocycles. The number of halogens is 1. The van der Waals surface area contributed by atoms with Crippen LogP contribution >= 0.6 is 27.3 Å². The van der Waals surface area contributed by atoms with Crippen molar-refractivity contribution in [2.45, 2.75) is 6.92 Å². The first-order valence-corrected chi connectivity index (χ1v) is 19.4. The van der Waals surface area contributed by atoms with Crippen LogP contribution in [-0.4, -0.2) is 0 Å². The Hall–Kier alpha value is -5.94. The number of hydrogen-bond donors (Lipinski definition) is 0. The Morgan fingerprint density at radius 2 is 0.981 bits per heavy atom. The maximum absolute atomic E-state index is 3.74. The third-order valence-corrected chi connectivity index (χ3v) is 11.7. The summed E-state index contributed by atoms with van der Waals surface area (Å²) in [5.41, 5.74) is 12.6. The Kier molecular flexibility index (Phi) is 8.84. The highest BCUT2D eigenvalue weighted by atomic mass is 79.9. The van der Waals surface area contributed by atoms with Crippen LogP contribution < -0.4 is 9.80 Å². The number of fused-ring (bicyclic) bond motifs is 3. The Labute approximate surface area is 323 Å². The fraction of sp³-hybridized carbons (Fsp3) is 0.0204. The Bertz CT molecular complexity index is 2700. The molecule has 9 aromatic rings. The van der Waals surface area contributed by atoms with Crippen molar-refractivity contribution in [2.24, 2.45) is 0 Å². The van der Waals surface area contributed by atoms with Gasteiger partial charge in [-0.2, -0.15) is 0 Å². The average molecular weight is 764 g/mol. The van der Waals surface area contributed by atoms with Crippen LogP contribution in [0.1, 0.15) is 5.56 Å². The third-order valence-electron chi connectivity index (χ3n) is 9.83. The van der Waals surface area contributed by atoms with Gasteiger partial charge in [0.05, 0.1) is 0 Å². The zero-order valence-electron chi connectivity index (χ0n) is 29.2. The van der Waals surface area contributed by atoms with Crippen molar-refractivity contribution >= 4 is 81.6 Å². The number of aryl methyl sites for hydroxylation is 1. The van der Waals surface area contributed by atoms with E-state index in [1.165, 1.54) is 48.0 Å². The van der Waals surface area contributed by atoms with E-state index >= 15 is 0 Å². The van der Waals surface area contributed by atoms with Crippen molar-refractivity contribution in [1.82, 2.24) is 0 Å². The second-order valence-electron chi connectivity index (χ2n) is 13.2. The topological polar surface area (TPSA) is 6.48 Å². The lowest BCUT2D eigenvalue weighted by molar-refractivity contribution is 1.23. The van der Waals surface area contributed by atoms with Crippen molar-refractivity contribution < 1.29 is 0 Å². The fourth-order valence-electron chi connectivity index (χ4n) is 7.27. The minimum atomic E-state index is 1.09. The molecule has 0 spiro atoms. The van der Waals surface area contributed by atoms with Gasteiger partial charge in [-0.3, -0.25) is 0 Å². The standard InChI is InChI=1S/C49H35BrN2S/c1-34-31-41(51(38-16-6-3-7-17-38)39-25-23-36(24-26-39)43-19-8-10-21-46(43)50)27-29-47(34)52(40-18-12-15-37(32-40)35-13-4-2-5-14-35)42-28-30-49-45(33-42)44-20-9-11-22-48(44)53-49/h2-33H,1H3. The monoisotopic (exact) mass is 762 g/mol. The van der Waals surface area contributed by atoms with Crippen LogP contribution in [0, 0.1) is 6.92 Å². The van der Waals surface area contributed by atoms with Crippen LogP contribution in [0.4, 0.5) is 34.1 Å². The summed E-state index contributed by atoms with van der Waals surface area (Å²) < 4.78 is 3.69. The highest BCUT2D eigenvalue weighted by Crippen LogP contribution is 2.44. The first-order chi connectivity index (χ1) is 26.1. The smallest absolute Gasteiger partial charge is 0.0492 e. The molecule has 1 aromatic heterocycles. The van der Waals surface area contributed by atoms with Crippen LogP contribution in [0.3, 0.4) is 0 Å². The first-order valence-electron chi connectivity index (χ1n) is 17.8. The molecule has 0 unspecified atom stereocenters. The van der Waals surface area contributed by atoms with E-state index in [0.717, 1.165) is 38.6 Å². The maximum atomic E-state index is 3.74. The first kappa shape index (κ1) is 32.9. The van der Waals surface area contributed by atoms with E-state index in [-0.39, 0.29) is 0 Å². The zero-order chi connectivity index (χ0) is 35.7. The van der Waals surface area contributed by atoms with Gasteiger partial charge in [0.15, 0.2) is 0 Å². The van der Waals surface area contributed by atoms with Crippen LogP contribution in [0.25, 0.3) is 42.4 Å². The summed E-state index contributed by atoms with van der Waals surface area (Å²) in [6, 6.07) is 69.8. The number of thiophene rings is 1. The lowest BCUT2D eigenvalue weighted by Gasteiger charge is -2.30. The van der Waals surface area contributed by atoms with Gasteiger partial charge in [-0.25, -0.2) is 0 Å². The van der Waals surface area contributed by atoms with E-state index in [0.29, 0.717) is 0 Å². The van der Waals surface area contributed by atoms with Crippen molar-refractivity contribution in [3.05, 3.63) is 204 Å². The van der Waals surface area contributed by atoms with Gasteiger partial charge >= 0.3 is 0 Å². The zero-order valence-corrected chi connectivity index (χ0v) is 31.6. The fourth-order valence-corrected chi connectivity index (χ4v) is 8.87. The average Bonchev–Trinajstić information content (AvgIpc) is 3.58. The predicted molar refractivity (Wildman–Crippen MR) is 232 cm³/mol. The van der Waals surface area contributed by atoms with Gasteiger partial charge in [0.2, 0.25) is 0 Å². The summed E-state index contributed by atoms with van der Waals surface area (Å²) in [6.07, 6.45) is 0. The molecule has 53 heavy (non-hydrogen) atoms. The molecule has 0 bridgehead atoms. The van der Waals surface area contributed by atoms with E-state index in [1.54, 1.807) is 0 Å². The summed E-state index contributed by atoms with van der Waals surface area (Å²) >= 11 is 5.59. The molecule has 8 aromatic carbocycles. The van der Waals surface area contributed by atoms with Gasteiger partial charge in [0.1, 0.15) is 0 Å². The van der Waals surface area contributed by atoms with Crippen LogP contribution in [-0.2, 0) is 0 Å². The van der Waals surface area contributed by atoms with E-state index in [9.17, 15) is 0 Å². The Morgan fingerprint density at radius 1 is 0.396 bits per heavy atom. The number of hydrogen-bond acceptors (Lipinski definition) is 3. The molecular formula is C49H35BrN2S. The summed E-state index contributed by atoms with van der Waals surface area (Å²) in [5, 5.41) is 2.58. The summed E-state index contributed by atoms with van der Waals surface area (Å²) in [7, 11) is 0. The number of benzene rings is 8. The van der Waals surface area contributed by atoms with Crippen LogP contribution in [0.15, 0.2) is 199 Å². The summed E-state index contributed by atoms with van der Waals surface area (Å²) in [5.74, 6) is 0. The van der Waals surface area contributed by atoms with Crippen molar-refractivity contribution in [1.29, 1.82) is 0 Å². The van der Waals surface area contributed by atoms with Crippen molar-refractivity contribution in [2.75, 3.05) is 9.80 Å². The molecule has 0 amide bonds. The molecule has 0 atom stereocenters. The molecule has 0 aliphatic heterocycles. The molecule has 254 valence electrons. The molecule has 9 rings (SSSR count). The number of rotatable bonds is 8. The molecule has 0 radical (unpaired) electrons. The molecule has 0 aliphatic rings. The molecule has 0 N–H and O–H groups in total.